The van der Waals surface area contributed by atoms with Gasteiger partial charge in [-0.2, -0.15) is 0 Å². The van der Waals surface area contributed by atoms with E-state index in [-0.39, 0.29) is 5.91 Å². The van der Waals surface area contributed by atoms with E-state index in [1.807, 2.05) is 24.3 Å². The fourth-order valence-electron chi connectivity index (χ4n) is 2.41. The average Bonchev–Trinajstić information content (AvgIpc) is 2.85. The second-order valence-electron chi connectivity index (χ2n) is 5.03. The van der Waals surface area contributed by atoms with Gasteiger partial charge in [-0.3, -0.25) is 4.79 Å². The van der Waals surface area contributed by atoms with Crippen LogP contribution in [-0.2, 0) is 17.6 Å². The van der Waals surface area contributed by atoms with Gasteiger partial charge in [-0.25, -0.2) is 0 Å². The summed E-state index contributed by atoms with van der Waals surface area (Å²) in [5, 5.41) is 6.21. The Balaban J connectivity index is 1.67. The smallest absolute Gasteiger partial charge is 0.224 e. The van der Waals surface area contributed by atoms with Gasteiger partial charge >= 0.3 is 0 Å². The first kappa shape index (κ1) is 14.2. The van der Waals surface area contributed by atoms with Crippen LogP contribution in [0.4, 0.5) is 17.1 Å². The summed E-state index contributed by atoms with van der Waals surface area (Å²) in [6.07, 6.45) is 2.16. The first-order valence-electron chi connectivity index (χ1n) is 6.82. The summed E-state index contributed by atoms with van der Waals surface area (Å²) >= 11 is 7.50. The average molecular weight is 322 g/mol. The zero-order valence-electron chi connectivity index (χ0n) is 11.4. The fraction of sp³-hybridized carbons (Fsp3) is 0.267. The van der Waals surface area contributed by atoms with Crippen LogP contribution in [-0.4, -0.2) is 12.5 Å². The highest BCUT2D eigenvalue weighted by molar-refractivity contribution is 7.16. The Kier molecular flexibility index (Phi) is 4.03. The molecule has 2 aromatic rings. The minimum Gasteiger partial charge on any atom is -0.397 e. The van der Waals surface area contributed by atoms with Gasteiger partial charge < -0.3 is 16.4 Å². The molecule has 110 valence electrons. The summed E-state index contributed by atoms with van der Waals surface area (Å²) in [5.41, 5.74) is 9.61. The third-order valence-corrected chi connectivity index (χ3v) is 4.78. The number of hydrogen-bond donors (Lipinski definition) is 3. The number of thiophene rings is 1. The van der Waals surface area contributed by atoms with E-state index < -0.39 is 0 Å². The number of aryl methyl sites for hydroxylation is 1. The number of carbonyl (C=O) groups excluding carboxylic acids is 1. The van der Waals surface area contributed by atoms with Crippen molar-refractivity contribution in [3.8, 4) is 0 Å². The molecule has 1 aliphatic heterocycles. The van der Waals surface area contributed by atoms with E-state index in [0.717, 1.165) is 40.7 Å². The molecule has 3 rings (SSSR count). The standard InChI is InChI=1S/C15H16ClN3OS/c16-14-3-2-10(21-14)5-6-18-13-8-12-9(7-11(13)17)1-4-15(20)19-12/h2-3,7-8,18H,1,4-6,17H2,(H,19,20). The number of anilines is 3. The lowest BCUT2D eigenvalue weighted by Gasteiger charge is -2.19. The van der Waals surface area contributed by atoms with Crippen LogP contribution < -0.4 is 16.4 Å². The molecule has 0 saturated heterocycles. The van der Waals surface area contributed by atoms with Gasteiger partial charge in [0.15, 0.2) is 0 Å². The van der Waals surface area contributed by atoms with Gasteiger partial charge in [0.05, 0.1) is 15.7 Å². The van der Waals surface area contributed by atoms with Crippen LogP contribution in [0.3, 0.4) is 0 Å². The molecular weight excluding hydrogens is 306 g/mol. The molecule has 0 aliphatic carbocycles. The molecule has 2 heterocycles. The molecule has 1 aromatic heterocycles. The Morgan fingerprint density at radius 3 is 2.95 bits per heavy atom. The topological polar surface area (TPSA) is 67.2 Å². The number of halogens is 1. The highest BCUT2D eigenvalue weighted by atomic mass is 35.5. The maximum atomic E-state index is 11.4. The highest BCUT2D eigenvalue weighted by Crippen LogP contribution is 2.31. The van der Waals surface area contributed by atoms with E-state index in [1.54, 1.807) is 11.3 Å². The molecule has 6 heteroatoms. The first-order valence-corrected chi connectivity index (χ1v) is 8.01. The van der Waals surface area contributed by atoms with Crippen molar-refractivity contribution in [1.29, 1.82) is 0 Å². The number of nitrogens with one attached hydrogen (secondary N) is 2. The van der Waals surface area contributed by atoms with E-state index >= 15 is 0 Å². The maximum absolute atomic E-state index is 11.4. The van der Waals surface area contributed by atoms with Gasteiger partial charge in [0.25, 0.3) is 0 Å². The molecule has 0 unspecified atom stereocenters. The quantitative estimate of drug-likeness (QED) is 0.755. The van der Waals surface area contributed by atoms with Crippen molar-refractivity contribution >= 4 is 45.9 Å². The lowest BCUT2D eigenvalue weighted by atomic mass is 10.0. The van der Waals surface area contributed by atoms with Crippen molar-refractivity contribution in [2.45, 2.75) is 19.3 Å². The SMILES string of the molecule is Nc1cc2c(cc1NCCc1ccc(Cl)s1)NC(=O)CC2. The maximum Gasteiger partial charge on any atom is 0.224 e. The third kappa shape index (κ3) is 3.31. The summed E-state index contributed by atoms with van der Waals surface area (Å²) in [7, 11) is 0. The number of nitrogen functional groups attached to an aromatic ring is 1. The summed E-state index contributed by atoms with van der Waals surface area (Å²) in [6.45, 7) is 0.772. The zero-order chi connectivity index (χ0) is 14.8. The van der Waals surface area contributed by atoms with Crippen LogP contribution in [0.5, 0.6) is 0 Å². The van der Waals surface area contributed by atoms with Gasteiger partial charge in [0.2, 0.25) is 5.91 Å². The molecular formula is C15H16ClN3OS. The molecule has 0 atom stereocenters. The number of rotatable bonds is 4. The monoisotopic (exact) mass is 321 g/mol. The number of carbonyl (C=O) groups is 1. The van der Waals surface area contributed by atoms with E-state index in [1.165, 1.54) is 4.88 Å². The molecule has 0 spiro atoms. The van der Waals surface area contributed by atoms with Gasteiger partial charge in [-0.15, -0.1) is 11.3 Å². The van der Waals surface area contributed by atoms with Gasteiger partial charge in [0.1, 0.15) is 0 Å². The lowest BCUT2D eigenvalue weighted by Crippen LogP contribution is -2.19. The number of hydrogen-bond acceptors (Lipinski definition) is 4. The third-order valence-electron chi connectivity index (χ3n) is 3.49. The first-order chi connectivity index (χ1) is 10.1. The van der Waals surface area contributed by atoms with E-state index in [0.29, 0.717) is 12.1 Å². The molecule has 21 heavy (non-hydrogen) atoms. The Hall–Kier alpha value is -1.72. The Morgan fingerprint density at radius 2 is 2.19 bits per heavy atom. The normalized spacial score (nSPS) is 13.7. The minimum atomic E-state index is 0.0615. The zero-order valence-corrected chi connectivity index (χ0v) is 13.0. The van der Waals surface area contributed by atoms with E-state index in [2.05, 4.69) is 10.6 Å². The molecule has 1 aliphatic rings. The number of nitrogens with two attached hydrogens (primary N) is 1. The van der Waals surface area contributed by atoms with Crippen molar-refractivity contribution in [2.24, 2.45) is 0 Å². The van der Waals surface area contributed by atoms with Gasteiger partial charge in [0, 0.05) is 23.5 Å². The van der Waals surface area contributed by atoms with Crippen molar-refractivity contribution in [2.75, 3.05) is 22.9 Å². The van der Waals surface area contributed by atoms with Crippen molar-refractivity contribution in [1.82, 2.24) is 0 Å². The number of amides is 1. The van der Waals surface area contributed by atoms with Crippen molar-refractivity contribution < 1.29 is 4.79 Å². The van der Waals surface area contributed by atoms with Crippen molar-refractivity contribution in [3.05, 3.63) is 39.0 Å². The Labute approximate surface area is 132 Å². The molecule has 0 saturated carbocycles. The number of fused-ring (bicyclic) bond motifs is 1. The summed E-state index contributed by atoms with van der Waals surface area (Å²) in [4.78, 5) is 12.7. The van der Waals surface area contributed by atoms with Gasteiger partial charge in [-0.05, 0) is 42.7 Å². The molecule has 4 N–H and O–H groups in total. The lowest BCUT2D eigenvalue weighted by molar-refractivity contribution is -0.116. The van der Waals surface area contributed by atoms with Gasteiger partial charge in [-0.1, -0.05) is 11.6 Å². The van der Waals surface area contributed by atoms with Crippen molar-refractivity contribution in [3.63, 3.8) is 0 Å². The van der Waals surface area contributed by atoms with Crippen LogP contribution in [0.2, 0.25) is 4.34 Å². The molecule has 0 fully saturated rings. The predicted molar refractivity (Wildman–Crippen MR) is 89.3 cm³/mol. The molecule has 1 aromatic carbocycles. The number of benzene rings is 1. The van der Waals surface area contributed by atoms with Crippen LogP contribution in [0.1, 0.15) is 16.9 Å². The largest absolute Gasteiger partial charge is 0.397 e. The summed E-state index contributed by atoms with van der Waals surface area (Å²) < 4.78 is 0.806. The summed E-state index contributed by atoms with van der Waals surface area (Å²) in [6, 6.07) is 7.80. The fourth-order valence-corrected chi connectivity index (χ4v) is 3.49. The van der Waals surface area contributed by atoms with Crippen LogP contribution in [0, 0.1) is 0 Å². The Morgan fingerprint density at radius 1 is 1.33 bits per heavy atom. The summed E-state index contributed by atoms with van der Waals surface area (Å²) in [5.74, 6) is 0.0615. The van der Waals surface area contributed by atoms with Crippen LogP contribution >= 0.6 is 22.9 Å². The Bertz CT molecular complexity index is 684. The molecule has 4 nitrogen and oxygen atoms in total. The minimum absolute atomic E-state index is 0.0615. The van der Waals surface area contributed by atoms with Crippen LogP contribution in [0.25, 0.3) is 0 Å². The molecule has 1 amide bonds. The molecule has 0 radical (unpaired) electrons. The second kappa shape index (κ2) is 5.95. The van der Waals surface area contributed by atoms with E-state index in [4.69, 9.17) is 17.3 Å². The van der Waals surface area contributed by atoms with Crippen LogP contribution in [0.15, 0.2) is 24.3 Å². The highest BCUT2D eigenvalue weighted by Gasteiger charge is 2.16. The predicted octanol–water partition coefficient (Wildman–Crippen LogP) is 3.52. The second-order valence-corrected chi connectivity index (χ2v) is 6.83. The van der Waals surface area contributed by atoms with E-state index in [9.17, 15) is 4.79 Å². The molecule has 0 bridgehead atoms.